The summed E-state index contributed by atoms with van der Waals surface area (Å²) >= 11 is 0. The first-order chi connectivity index (χ1) is 17.5. The molecule has 192 valence electrons. The van der Waals surface area contributed by atoms with Crippen LogP contribution >= 0.6 is 0 Å². The molecule has 2 aromatic heterocycles. The van der Waals surface area contributed by atoms with E-state index in [1.165, 1.54) is 28.7 Å². The van der Waals surface area contributed by atoms with Crippen molar-refractivity contribution in [3.8, 4) is 17.2 Å². The Hall–Kier alpha value is -4.02. The lowest BCUT2D eigenvalue weighted by Gasteiger charge is -2.32. The second kappa shape index (κ2) is 10.2. The van der Waals surface area contributed by atoms with Gasteiger partial charge in [0.15, 0.2) is 0 Å². The van der Waals surface area contributed by atoms with Crippen molar-refractivity contribution >= 4 is 21.7 Å². The lowest BCUT2D eigenvalue weighted by Crippen LogP contribution is -2.42. The summed E-state index contributed by atoms with van der Waals surface area (Å²) in [5, 5.41) is 12.2. The summed E-state index contributed by atoms with van der Waals surface area (Å²) in [5.41, 5.74) is 5.46. The van der Waals surface area contributed by atoms with Crippen LogP contribution in [0.3, 0.4) is 0 Å². The van der Waals surface area contributed by atoms with Gasteiger partial charge in [-0.1, -0.05) is 12.1 Å². The maximum absolute atomic E-state index is 13.1. The summed E-state index contributed by atoms with van der Waals surface area (Å²) in [6, 6.07) is 11.6. The summed E-state index contributed by atoms with van der Waals surface area (Å²) in [5.74, 6) is -0.639. The maximum Gasteiger partial charge on any atom is 0.417 e. The lowest BCUT2D eigenvalue weighted by atomic mass is 10.1. The lowest BCUT2D eigenvalue weighted by molar-refractivity contribution is -0.137. The van der Waals surface area contributed by atoms with Gasteiger partial charge >= 0.3 is 6.18 Å². The Balaban J connectivity index is 1.42. The van der Waals surface area contributed by atoms with E-state index >= 15 is 0 Å². The molecule has 0 radical (unpaired) electrons. The van der Waals surface area contributed by atoms with Crippen molar-refractivity contribution in [1.82, 2.24) is 14.3 Å². The third-order valence-corrected chi connectivity index (χ3v) is 7.88. The zero-order chi connectivity index (χ0) is 26.8. The molecule has 0 bridgehead atoms. The molecule has 1 amide bonds. The minimum absolute atomic E-state index is 0.0306. The molecule has 3 heterocycles. The smallest absolute Gasteiger partial charge is 0.366 e. The third kappa shape index (κ3) is 5.71. The van der Waals surface area contributed by atoms with Crippen LogP contribution in [0.1, 0.15) is 34.5 Å². The first-order valence-electron chi connectivity index (χ1n) is 11.1. The summed E-state index contributed by atoms with van der Waals surface area (Å²) in [7, 11) is -3.79. The first kappa shape index (κ1) is 26.1. The second-order valence-corrected chi connectivity index (χ2v) is 10.3. The van der Waals surface area contributed by atoms with E-state index in [-0.39, 0.29) is 41.1 Å². The van der Waals surface area contributed by atoms with Crippen LogP contribution in [0.15, 0.2) is 59.8 Å². The van der Waals surface area contributed by atoms with Gasteiger partial charge in [0.1, 0.15) is 17.6 Å². The molecule has 1 fully saturated rings. The van der Waals surface area contributed by atoms with Crippen LogP contribution in [0.2, 0.25) is 0 Å². The van der Waals surface area contributed by atoms with E-state index in [9.17, 15) is 31.6 Å². The normalized spacial score (nSPS) is 15.2. The Kier molecular flexibility index (Phi) is 7.15. The summed E-state index contributed by atoms with van der Waals surface area (Å²) < 4.78 is 66.3. The Morgan fingerprint density at radius 2 is 1.76 bits per heavy atom. The molecular weight excluding hydrogens is 509 g/mol. The minimum Gasteiger partial charge on any atom is -0.366 e. The van der Waals surface area contributed by atoms with Gasteiger partial charge in [0.05, 0.1) is 16.0 Å². The number of carbonyl (C=O) groups is 1. The van der Waals surface area contributed by atoms with E-state index in [1.807, 2.05) is 0 Å². The average Bonchev–Trinajstić information content (AvgIpc) is 2.88. The van der Waals surface area contributed by atoms with Crippen molar-refractivity contribution in [3.63, 3.8) is 0 Å². The number of amides is 1. The number of pyridine rings is 2. The Morgan fingerprint density at radius 3 is 2.35 bits per heavy atom. The van der Waals surface area contributed by atoms with Gasteiger partial charge < -0.3 is 11.1 Å². The van der Waals surface area contributed by atoms with Crippen molar-refractivity contribution < 1.29 is 26.4 Å². The first-order valence-corrected chi connectivity index (χ1v) is 12.5. The Labute approximate surface area is 210 Å². The number of anilines is 1. The number of piperidine rings is 1. The molecule has 1 aliphatic heterocycles. The van der Waals surface area contributed by atoms with Crippen LogP contribution in [0.5, 0.6) is 0 Å². The van der Waals surface area contributed by atoms with Crippen molar-refractivity contribution in [2.24, 2.45) is 5.73 Å². The van der Waals surface area contributed by atoms with Crippen LogP contribution in [-0.4, -0.2) is 47.7 Å². The van der Waals surface area contributed by atoms with Crippen molar-refractivity contribution in [2.45, 2.75) is 30.0 Å². The predicted molar refractivity (Wildman–Crippen MR) is 128 cm³/mol. The van der Waals surface area contributed by atoms with Crippen molar-refractivity contribution in [3.05, 3.63) is 71.7 Å². The number of nitrogens with zero attached hydrogens (tertiary/aromatic N) is 4. The second-order valence-electron chi connectivity index (χ2n) is 8.37. The molecule has 37 heavy (non-hydrogen) atoms. The Bertz CT molecular complexity index is 1460. The van der Waals surface area contributed by atoms with Gasteiger partial charge in [0.2, 0.25) is 10.0 Å². The van der Waals surface area contributed by atoms with E-state index in [0.717, 1.165) is 6.07 Å². The molecule has 4 rings (SSSR count). The molecule has 0 unspecified atom stereocenters. The molecule has 1 aromatic carbocycles. The monoisotopic (exact) mass is 530 g/mol. The van der Waals surface area contributed by atoms with Gasteiger partial charge in [-0.25, -0.2) is 13.4 Å². The van der Waals surface area contributed by atoms with Crippen LogP contribution < -0.4 is 11.1 Å². The number of hydrogen-bond acceptors (Lipinski definition) is 7. The maximum atomic E-state index is 13.1. The summed E-state index contributed by atoms with van der Waals surface area (Å²) in [6.07, 6.45) is -1.76. The van der Waals surface area contributed by atoms with Gasteiger partial charge in [-0.05, 0) is 54.3 Å². The number of rotatable bonds is 6. The zero-order valence-electron chi connectivity index (χ0n) is 19.2. The molecule has 1 saturated heterocycles. The number of nitrogens with one attached hydrogen (secondary N) is 1. The number of nitrogens with two attached hydrogens (primary N) is 1. The van der Waals surface area contributed by atoms with Crippen LogP contribution in [-0.2, 0) is 16.2 Å². The van der Waals surface area contributed by atoms with Gasteiger partial charge in [-0.2, -0.15) is 22.7 Å². The number of halogens is 3. The van der Waals surface area contributed by atoms with E-state index in [2.05, 4.69) is 15.3 Å². The molecule has 1 aliphatic rings. The molecular formula is C24H21F3N6O3S. The largest absolute Gasteiger partial charge is 0.417 e. The molecule has 0 aliphatic carbocycles. The molecule has 9 nitrogen and oxygen atoms in total. The van der Waals surface area contributed by atoms with E-state index < -0.39 is 27.7 Å². The third-order valence-electron chi connectivity index (χ3n) is 5.97. The fourth-order valence-corrected chi connectivity index (χ4v) is 5.44. The van der Waals surface area contributed by atoms with Gasteiger partial charge in [0.25, 0.3) is 5.91 Å². The minimum atomic E-state index is -4.61. The summed E-state index contributed by atoms with van der Waals surface area (Å²) in [4.78, 5) is 19.1. The number of alkyl halides is 3. The topological polar surface area (TPSA) is 142 Å². The number of carbonyl (C=O) groups excluding carboxylic acids is 1. The standard InChI is InChI=1S/C24H21F3N6O3S/c25-24(26,27)18-11-17(13-28)23(31-14-18)32-19-6-9-33(10-7-19)37(35,36)20-3-1-15(2-4-20)16-5-8-30-21(12-16)22(29)34/h1-5,8,11-12,14,19H,6-7,9-10H2,(H2,29,34)(H,31,32). The SMILES string of the molecule is N#Cc1cc(C(F)(F)F)cnc1NC1CCN(S(=O)(=O)c2ccc(-c3ccnc(C(N)=O)c3)cc2)CC1. The van der Waals surface area contributed by atoms with Crippen LogP contribution in [0.4, 0.5) is 19.0 Å². The fourth-order valence-electron chi connectivity index (χ4n) is 3.97. The molecule has 13 heteroatoms. The van der Waals surface area contributed by atoms with E-state index in [1.54, 1.807) is 24.3 Å². The highest BCUT2D eigenvalue weighted by atomic mass is 32.2. The summed E-state index contributed by atoms with van der Waals surface area (Å²) in [6.45, 7) is 0.354. The predicted octanol–water partition coefficient (Wildman–Crippen LogP) is 3.40. The van der Waals surface area contributed by atoms with Gasteiger partial charge in [-0.3, -0.25) is 9.78 Å². The van der Waals surface area contributed by atoms with E-state index in [4.69, 9.17) is 5.73 Å². The number of aromatic nitrogens is 2. The fraction of sp³-hybridized carbons (Fsp3) is 0.250. The molecule has 3 N–H and O–H groups in total. The molecule has 0 saturated carbocycles. The van der Waals surface area contributed by atoms with Crippen LogP contribution in [0, 0.1) is 11.3 Å². The molecule has 0 atom stereocenters. The van der Waals surface area contributed by atoms with Gasteiger partial charge in [0, 0.05) is 31.5 Å². The van der Waals surface area contributed by atoms with Crippen molar-refractivity contribution in [1.29, 1.82) is 5.26 Å². The molecule has 3 aromatic rings. The highest BCUT2D eigenvalue weighted by Gasteiger charge is 2.33. The van der Waals surface area contributed by atoms with Crippen molar-refractivity contribution in [2.75, 3.05) is 18.4 Å². The molecule has 0 spiro atoms. The highest BCUT2D eigenvalue weighted by Crippen LogP contribution is 2.31. The number of sulfonamides is 1. The quantitative estimate of drug-likeness (QED) is 0.497. The van der Waals surface area contributed by atoms with E-state index in [0.29, 0.717) is 30.2 Å². The number of hydrogen-bond donors (Lipinski definition) is 2. The van der Waals surface area contributed by atoms with Gasteiger partial charge in [-0.15, -0.1) is 0 Å². The number of benzene rings is 1. The Morgan fingerprint density at radius 1 is 1.08 bits per heavy atom. The zero-order valence-corrected chi connectivity index (χ0v) is 20.1. The number of nitriles is 1. The highest BCUT2D eigenvalue weighted by molar-refractivity contribution is 7.89. The number of primary amides is 1. The van der Waals surface area contributed by atoms with Crippen LogP contribution in [0.25, 0.3) is 11.1 Å². The average molecular weight is 531 g/mol.